The van der Waals surface area contributed by atoms with E-state index in [9.17, 15) is 13.6 Å². The Labute approximate surface area is 165 Å². The monoisotopic (exact) mass is 409 g/mol. The molecule has 28 heavy (non-hydrogen) atoms. The first-order valence-corrected chi connectivity index (χ1v) is 8.43. The van der Waals surface area contributed by atoms with Gasteiger partial charge in [-0.1, -0.05) is 0 Å². The van der Waals surface area contributed by atoms with Gasteiger partial charge in [-0.15, -0.1) is 12.4 Å². The number of hydrogen-bond acceptors (Lipinski definition) is 5. The summed E-state index contributed by atoms with van der Waals surface area (Å²) in [7, 11) is 1.78. The summed E-state index contributed by atoms with van der Waals surface area (Å²) in [6, 6.07) is 3.48. The lowest BCUT2D eigenvalue weighted by molar-refractivity contribution is 0.0303. The van der Waals surface area contributed by atoms with Crippen molar-refractivity contribution in [3.8, 4) is 0 Å². The quantitative estimate of drug-likeness (QED) is 0.720. The number of benzene rings is 1. The van der Waals surface area contributed by atoms with Gasteiger partial charge in [0.15, 0.2) is 17.5 Å². The van der Waals surface area contributed by atoms with E-state index in [1.807, 2.05) is 0 Å². The van der Waals surface area contributed by atoms with Gasteiger partial charge in [-0.3, -0.25) is 4.79 Å². The predicted octanol–water partition coefficient (Wildman–Crippen LogP) is 2.88. The number of rotatable bonds is 3. The van der Waals surface area contributed by atoms with Gasteiger partial charge in [0.05, 0.1) is 30.6 Å². The Morgan fingerprint density at radius 1 is 1.18 bits per heavy atom. The molecule has 1 aliphatic rings. The highest BCUT2D eigenvalue weighted by Gasteiger charge is 2.24. The summed E-state index contributed by atoms with van der Waals surface area (Å²) < 4.78 is 33.6. The van der Waals surface area contributed by atoms with Crippen LogP contribution in [0.5, 0.6) is 0 Å². The lowest BCUT2D eigenvalue weighted by atomic mass is 10.2. The number of hydrogen-bond donors (Lipinski definition) is 1. The van der Waals surface area contributed by atoms with E-state index >= 15 is 0 Å². The van der Waals surface area contributed by atoms with Crippen molar-refractivity contribution in [2.24, 2.45) is 7.05 Å². The van der Waals surface area contributed by atoms with Crippen molar-refractivity contribution < 1.29 is 18.3 Å². The average Bonchev–Trinajstić information content (AvgIpc) is 3.08. The third kappa shape index (κ3) is 3.63. The Hall–Kier alpha value is -2.78. The minimum Gasteiger partial charge on any atom is -0.378 e. The molecule has 0 unspecified atom stereocenters. The standard InChI is InChI=1S/C18H17F2N5O2.ClH/c1-24-10-22-15-16(24)12(18(26)25-4-6-27-7-5-25)9-21-17(15)23-11-2-3-13(19)14(20)8-11;/h2-3,8-10H,4-7H2,1H3,(H,21,23);1H. The number of ether oxygens (including phenoxy) is 1. The predicted molar refractivity (Wildman–Crippen MR) is 102 cm³/mol. The molecule has 0 atom stereocenters. The normalized spacial score (nSPS) is 14.0. The number of imidazole rings is 1. The van der Waals surface area contributed by atoms with Gasteiger partial charge in [0.2, 0.25) is 0 Å². The van der Waals surface area contributed by atoms with Gasteiger partial charge in [0.1, 0.15) is 5.52 Å². The van der Waals surface area contributed by atoms with Crippen molar-refractivity contribution in [3.63, 3.8) is 0 Å². The van der Waals surface area contributed by atoms with Gasteiger partial charge in [-0.25, -0.2) is 18.7 Å². The van der Waals surface area contributed by atoms with Crippen molar-refractivity contribution in [2.75, 3.05) is 31.6 Å². The van der Waals surface area contributed by atoms with E-state index in [0.717, 1.165) is 12.1 Å². The molecule has 0 saturated carbocycles. The fraction of sp³-hybridized carbons (Fsp3) is 0.278. The maximum Gasteiger partial charge on any atom is 0.257 e. The summed E-state index contributed by atoms with van der Waals surface area (Å²) in [6.45, 7) is 2.05. The molecule has 7 nitrogen and oxygen atoms in total. The molecular weight excluding hydrogens is 392 g/mol. The van der Waals surface area contributed by atoms with Crippen molar-refractivity contribution in [1.29, 1.82) is 0 Å². The van der Waals surface area contributed by atoms with Crippen molar-refractivity contribution in [3.05, 3.63) is 47.9 Å². The number of nitrogens with zero attached hydrogens (tertiary/aromatic N) is 4. The van der Waals surface area contributed by atoms with Crippen molar-refractivity contribution in [2.45, 2.75) is 0 Å². The fourth-order valence-electron chi connectivity index (χ4n) is 3.07. The van der Waals surface area contributed by atoms with E-state index in [1.54, 1.807) is 22.8 Å². The molecule has 10 heteroatoms. The largest absolute Gasteiger partial charge is 0.378 e. The molecule has 4 rings (SSSR count). The molecule has 0 radical (unpaired) electrons. The second kappa shape index (κ2) is 8.07. The third-order valence-electron chi connectivity index (χ3n) is 4.45. The number of halogens is 3. The molecule has 0 aliphatic carbocycles. The first-order chi connectivity index (χ1) is 13.0. The summed E-state index contributed by atoms with van der Waals surface area (Å²) in [5.74, 6) is -1.67. The molecule has 148 valence electrons. The number of aryl methyl sites for hydroxylation is 1. The van der Waals surface area contributed by atoms with Crippen LogP contribution in [0.3, 0.4) is 0 Å². The van der Waals surface area contributed by atoms with E-state index in [0.29, 0.717) is 54.4 Å². The van der Waals surface area contributed by atoms with Crippen molar-refractivity contribution in [1.82, 2.24) is 19.4 Å². The van der Waals surface area contributed by atoms with Crippen LogP contribution in [-0.2, 0) is 11.8 Å². The molecular formula is C18H18ClF2N5O2. The average molecular weight is 410 g/mol. The molecule has 0 bridgehead atoms. The van der Waals surface area contributed by atoms with E-state index in [-0.39, 0.29) is 18.3 Å². The molecule has 1 aromatic carbocycles. The van der Waals surface area contributed by atoms with E-state index in [2.05, 4.69) is 15.3 Å². The number of carbonyl (C=O) groups is 1. The third-order valence-corrected chi connectivity index (χ3v) is 4.45. The zero-order valence-corrected chi connectivity index (χ0v) is 15.8. The van der Waals surface area contributed by atoms with E-state index in [1.165, 1.54) is 12.3 Å². The van der Waals surface area contributed by atoms with Crippen LogP contribution in [-0.4, -0.2) is 51.6 Å². The Bertz CT molecular complexity index is 1020. The minimum atomic E-state index is -0.962. The molecule has 0 spiro atoms. The Morgan fingerprint density at radius 3 is 2.64 bits per heavy atom. The summed E-state index contributed by atoms with van der Waals surface area (Å²) in [6.07, 6.45) is 3.06. The van der Waals surface area contributed by atoms with Crippen LogP contribution in [0.25, 0.3) is 11.0 Å². The Balaban J connectivity index is 0.00000225. The lowest BCUT2D eigenvalue weighted by Gasteiger charge is -2.27. The van der Waals surface area contributed by atoms with Gasteiger partial charge in [-0.2, -0.15) is 0 Å². The zero-order valence-electron chi connectivity index (χ0n) is 15.0. The van der Waals surface area contributed by atoms with Gasteiger partial charge < -0.3 is 19.5 Å². The van der Waals surface area contributed by atoms with Crippen LogP contribution in [0, 0.1) is 11.6 Å². The van der Waals surface area contributed by atoms with Crippen molar-refractivity contribution >= 4 is 40.9 Å². The Kier molecular flexibility index (Phi) is 5.76. The number of pyridine rings is 1. The number of morpholine rings is 1. The van der Waals surface area contributed by atoms with Gasteiger partial charge >= 0.3 is 0 Å². The topological polar surface area (TPSA) is 72.3 Å². The molecule has 3 aromatic rings. The Morgan fingerprint density at radius 2 is 1.93 bits per heavy atom. The summed E-state index contributed by atoms with van der Waals surface area (Å²) in [4.78, 5) is 23.2. The number of fused-ring (bicyclic) bond motifs is 1. The van der Waals surface area contributed by atoms with Crippen LogP contribution < -0.4 is 5.32 Å². The number of anilines is 2. The first-order valence-electron chi connectivity index (χ1n) is 8.43. The molecule has 3 heterocycles. The van der Waals surface area contributed by atoms with Crippen LogP contribution in [0.4, 0.5) is 20.3 Å². The summed E-state index contributed by atoms with van der Waals surface area (Å²) in [5, 5.41) is 2.94. The number of aromatic nitrogens is 3. The summed E-state index contributed by atoms with van der Waals surface area (Å²) >= 11 is 0. The molecule has 1 aliphatic heterocycles. The number of amides is 1. The second-order valence-electron chi connectivity index (χ2n) is 6.23. The molecule has 1 fully saturated rings. The highest BCUT2D eigenvalue weighted by molar-refractivity contribution is 6.07. The van der Waals surface area contributed by atoms with Gasteiger partial charge in [0, 0.05) is 38.1 Å². The molecule has 1 N–H and O–H groups in total. The minimum absolute atomic E-state index is 0. The lowest BCUT2D eigenvalue weighted by Crippen LogP contribution is -2.40. The van der Waals surface area contributed by atoms with Gasteiger partial charge in [0.25, 0.3) is 5.91 Å². The summed E-state index contributed by atoms with van der Waals surface area (Å²) in [5.41, 5.74) is 1.86. The highest BCUT2D eigenvalue weighted by atomic mass is 35.5. The molecule has 1 amide bonds. The first kappa shape index (κ1) is 20.0. The van der Waals surface area contributed by atoms with Gasteiger partial charge in [-0.05, 0) is 12.1 Å². The number of nitrogens with one attached hydrogen (secondary N) is 1. The second-order valence-corrected chi connectivity index (χ2v) is 6.23. The molecule has 1 saturated heterocycles. The maximum absolute atomic E-state index is 13.5. The smallest absolute Gasteiger partial charge is 0.257 e. The van der Waals surface area contributed by atoms with Crippen LogP contribution >= 0.6 is 12.4 Å². The zero-order chi connectivity index (χ0) is 19.0. The fourth-order valence-corrected chi connectivity index (χ4v) is 3.07. The van der Waals surface area contributed by atoms with E-state index in [4.69, 9.17) is 4.74 Å². The molecule has 2 aromatic heterocycles. The number of carbonyl (C=O) groups excluding carboxylic acids is 1. The maximum atomic E-state index is 13.5. The highest BCUT2D eigenvalue weighted by Crippen LogP contribution is 2.27. The SMILES string of the molecule is Cl.Cn1cnc2c(Nc3ccc(F)c(F)c3)ncc(C(=O)N3CCOCC3)c21. The van der Waals surface area contributed by atoms with Crippen LogP contribution in [0.15, 0.2) is 30.7 Å². The van der Waals surface area contributed by atoms with Crippen LogP contribution in [0.1, 0.15) is 10.4 Å². The van der Waals surface area contributed by atoms with E-state index < -0.39 is 11.6 Å². The van der Waals surface area contributed by atoms with Crippen LogP contribution in [0.2, 0.25) is 0 Å².